The van der Waals surface area contributed by atoms with Crippen molar-refractivity contribution < 1.29 is 0 Å². The second-order valence-electron chi connectivity index (χ2n) is 6.43. The Bertz CT molecular complexity index is 302. The van der Waals surface area contributed by atoms with Gasteiger partial charge in [0.1, 0.15) is 0 Å². The van der Waals surface area contributed by atoms with Gasteiger partial charge in [0.15, 0.2) is 0 Å². The third-order valence-corrected chi connectivity index (χ3v) is 5.37. The van der Waals surface area contributed by atoms with Crippen molar-refractivity contribution in [3.05, 3.63) is 12.2 Å². The van der Waals surface area contributed by atoms with Gasteiger partial charge in [-0.2, -0.15) is 0 Å². The first-order valence-corrected chi connectivity index (χ1v) is 7.71. The molecule has 2 heteroatoms. The van der Waals surface area contributed by atoms with Crippen molar-refractivity contribution in [1.29, 1.82) is 0 Å². The lowest BCUT2D eigenvalue weighted by atomic mass is 9.81. The summed E-state index contributed by atoms with van der Waals surface area (Å²) in [6.45, 7) is 12.7. The van der Waals surface area contributed by atoms with Crippen LogP contribution in [0.2, 0.25) is 0 Å². The Labute approximate surface area is 113 Å². The molecule has 1 aliphatic heterocycles. The molecule has 2 aliphatic rings. The van der Waals surface area contributed by atoms with Gasteiger partial charge in [0.25, 0.3) is 0 Å². The van der Waals surface area contributed by atoms with Gasteiger partial charge >= 0.3 is 0 Å². The maximum atomic E-state index is 3.89. The highest BCUT2D eigenvalue weighted by molar-refractivity contribution is 5.09. The number of piperazine rings is 1. The molecule has 1 N–H and O–H groups in total. The van der Waals surface area contributed by atoms with Gasteiger partial charge in [-0.25, -0.2) is 0 Å². The standard InChI is InChI=1S/C16H30N2/c1-5-8-11-18-13-15(4,14-9-10-14)17-12-16(18,6-2)7-3/h5,8,14,17H,6-7,9-13H2,1-4H3/b8-5+. The number of rotatable bonds is 5. The lowest BCUT2D eigenvalue weighted by Gasteiger charge is -2.53. The fraction of sp³-hybridized carbons (Fsp3) is 0.875. The van der Waals surface area contributed by atoms with Crippen molar-refractivity contribution in [3.63, 3.8) is 0 Å². The minimum Gasteiger partial charge on any atom is -0.308 e. The van der Waals surface area contributed by atoms with E-state index in [-0.39, 0.29) is 0 Å². The van der Waals surface area contributed by atoms with Crippen LogP contribution in [0.15, 0.2) is 12.2 Å². The third kappa shape index (κ3) is 2.50. The van der Waals surface area contributed by atoms with Crippen molar-refractivity contribution in [1.82, 2.24) is 10.2 Å². The molecule has 2 fully saturated rings. The second-order valence-corrected chi connectivity index (χ2v) is 6.43. The van der Waals surface area contributed by atoms with E-state index in [9.17, 15) is 0 Å². The van der Waals surface area contributed by atoms with Crippen molar-refractivity contribution in [2.75, 3.05) is 19.6 Å². The lowest BCUT2D eigenvalue weighted by molar-refractivity contribution is 0.00548. The number of nitrogens with one attached hydrogen (secondary N) is 1. The van der Waals surface area contributed by atoms with Crippen LogP contribution in [-0.4, -0.2) is 35.6 Å². The SMILES string of the molecule is C/C=C/CN1CC(C)(C2CC2)NCC1(CC)CC. The topological polar surface area (TPSA) is 15.3 Å². The monoisotopic (exact) mass is 250 g/mol. The minimum atomic E-state index is 0.357. The maximum absolute atomic E-state index is 3.89. The third-order valence-electron chi connectivity index (χ3n) is 5.37. The predicted octanol–water partition coefficient (Wildman–Crippen LogP) is 3.20. The number of allylic oxidation sites excluding steroid dienone is 1. The second kappa shape index (κ2) is 5.34. The van der Waals surface area contributed by atoms with E-state index >= 15 is 0 Å². The fourth-order valence-electron chi connectivity index (χ4n) is 3.53. The number of hydrogen-bond acceptors (Lipinski definition) is 2. The van der Waals surface area contributed by atoms with E-state index in [0.717, 1.165) is 19.0 Å². The molecule has 2 rings (SSSR count). The van der Waals surface area contributed by atoms with Gasteiger partial charge in [-0.05, 0) is 45.4 Å². The van der Waals surface area contributed by atoms with E-state index in [1.165, 1.54) is 32.2 Å². The van der Waals surface area contributed by atoms with E-state index in [4.69, 9.17) is 0 Å². The molecule has 1 saturated carbocycles. The van der Waals surface area contributed by atoms with E-state index in [1.54, 1.807) is 0 Å². The zero-order chi connectivity index (χ0) is 13.2. The van der Waals surface area contributed by atoms with Crippen LogP contribution in [0.25, 0.3) is 0 Å². The van der Waals surface area contributed by atoms with Gasteiger partial charge in [-0.1, -0.05) is 26.0 Å². The van der Waals surface area contributed by atoms with Crippen molar-refractivity contribution in [2.24, 2.45) is 5.92 Å². The molecule has 1 saturated heterocycles. The van der Waals surface area contributed by atoms with Crippen LogP contribution in [0.1, 0.15) is 53.4 Å². The van der Waals surface area contributed by atoms with E-state index < -0.39 is 0 Å². The Kier molecular flexibility index (Phi) is 4.18. The predicted molar refractivity (Wildman–Crippen MR) is 78.8 cm³/mol. The summed E-state index contributed by atoms with van der Waals surface area (Å²) in [5, 5.41) is 3.89. The summed E-state index contributed by atoms with van der Waals surface area (Å²) in [6, 6.07) is 0. The molecule has 1 unspecified atom stereocenters. The first kappa shape index (κ1) is 14.1. The molecule has 0 spiro atoms. The normalized spacial score (nSPS) is 33.1. The van der Waals surface area contributed by atoms with Gasteiger partial charge in [0.2, 0.25) is 0 Å². The highest BCUT2D eigenvalue weighted by Gasteiger charge is 2.49. The zero-order valence-corrected chi connectivity index (χ0v) is 12.6. The van der Waals surface area contributed by atoms with E-state index in [2.05, 4.69) is 50.1 Å². The summed E-state index contributed by atoms with van der Waals surface area (Å²) in [7, 11) is 0. The van der Waals surface area contributed by atoms with Crippen LogP contribution in [0.4, 0.5) is 0 Å². The number of hydrogen-bond donors (Lipinski definition) is 1. The fourth-order valence-corrected chi connectivity index (χ4v) is 3.53. The molecule has 1 heterocycles. The molecular weight excluding hydrogens is 220 g/mol. The molecule has 0 aromatic carbocycles. The molecule has 1 atom stereocenters. The first-order valence-electron chi connectivity index (χ1n) is 7.71. The highest BCUT2D eigenvalue weighted by atomic mass is 15.3. The molecule has 18 heavy (non-hydrogen) atoms. The summed E-state index contributed by atoms with van der Waals surface area (Å²) in [4.78, 5) is 2.74. The van der Waals surface area contributed by atoms with Gasteiger partial charge in [-0.15, -0.1) is 0 Å². The summed E-state index contributed by atoms with van der Waals surface area (Å²) in [5.41, 5.74) is 0.726. The highest BCUT2D eigenvalue weighted by Crippen LogP contribution is 2.43. The van der Waals surface area contributed by atoms with E-state index in [0.29, 0.717) is 11.1 Å². The zero-order valence-electron chi connectivity index (χ0n) is 12.6. The molecule has 0 radical (unpaired) electrons. The molecule has 0 bridgehead atoms. The van der Waals surface area contributed by atoms with Crippen molar-refractivity contribution in [2.45, 2.75) is 64.5 Å². The maximum Gasteiger partial charge on any atom is 0.0333 e. The Balaban J connectivity index is 2.13. The smallest absolute Gasteiger partial charge is 0.0333 e. The van der Waals surface area contributed by atoms with Crippen molar-refractivity contribution in [3.8, 4) is 0 Å². The largest absolute Gasteiger partial charge is 0.308 e. The quantitative estimate of drug-likeness (QED) is 0.754. The Morgan fingerprint density at radius 2 is 1.94 bits per heavy atom. The van der Waals surface area contributed by atoms with Crippen molar-refractivity contribution >= 4 is 0 Å². The van der Waals surface area contributed by atoms with Gasteiger partial charge in [0, 0.05) is 30.7 Å². The average Bonchev–Trinajstić information content (AvgIpc) is 3.22. The van der Waals surface area contributed by atoms with Gasteiger partial charge in [-0.3, -0.25) is 4.90 Å². The number of nitrogens with zero attached hydrogens (tertiary/aromatic N) is 1. The summed E-state index contributed by atoms with van der Waals surface area (Å²) >= 11 is 0. The van der Waals surface area contributed by atoms with Crippen LogP contribution in [-0.2, 0) is 0 Å². The molecule has 0 amide bonds. The first-order chi connectivity index (χ1) is 8.60. The van der Waals surface area contributed by atoms with Crippen LogP contribution >= 0.6 is 0 Å². The van der Waals surface area contributed by atoms with E-state index in [1.807, 2.05) is 0 Å². The molecule has 2 nitrogen and oxygen atoms in total. The molecular formula is C16H30N2. The Hall–Kier alpha value is -0.340. The minimum absolute atomic E-state index is 0.357. The lowest BCUT2D eigenvalue weighted by Crippen LogP contribution is -2.69. The molecule has 1 aliphatic carbocycles. The molecule has 104 valence electrons. The summed E-state index contributed by atoms with van der Waals surface area (Å²) in [6.07, 6.45) is 9.84. The Morgan fingerprint density at radius 3 is 2.44 bits per heavy atom. The van der Waals surface area contributed by atoms with Crippen LogP contribution in [0.3, 0.4) is 0 Å². The van der Waals surface area contributed by atoms with Gasteiger partial charge in [0.05, 0.1) is 0 Å². The van der Waals surface area contributed by atoms with Gasteiger partial charge < -0.3 is 5.32 Å². The molecule has 0 aromatic heterocycles. The average molecular weight is 250 g/mol. The Morgan fingerprint density at radius 1 is 1.28 bits per heavy atom. The molecule has 0 aromatic rings. The summed E-state index contributed by atoms with van der Waals surface area (Å²) in [5.74, 6) is 0.914. The van der Waals surface area contributed by atoms with Crippen LogP contribution < -0.4 is 5.32 Å². The van der Waals surface area contributed by atoms with Crippen LogP contribution in [0, 0.1) is 5.92 Å². The summed E-state index contributed by atoms with van der Waals surface area (Å²) < 4.78 is 0. The van der Waals surface area contributed by atoms with Crippen LogP contribution in [0.5, 0.6) is 0 Å².